The van der Waals surface area contributed by atoms with Crippen LogP contribution in [0.5, 0.6) is 0 Å². The van der Waals surface area contributed by atoms with Gasteiger partial charge in [0, 0.05) is 0 Å². The van der Waals surface area contributed by atoms with E-state index in [0.717, 1.165) is 22.3 Å². The Hall–Kier alpha value is -6.57. The highest BCUT2D eigenvalue weighted by Gasteiger charge is 2.46. The second kappa shape index (κ2) is 22.0. The molecule has 0 saturated heterocycles. The normalized spacial score (nSPS) is 12.8. The number of hydroxylamine groups is 2. The van der Waals surface area contributed by atoms with Crippen molar-refractivity contribution in [3.05, 3.63) is 155 Å². The van der Waals surface area contributed by atoms with Crippen LogP contribution >= 0.6 is 0 Å². The van der Waals surface area contributed by atoms with Crippen LogP contribution in [0, 0.1) is 0 Å². The zero-order chi connectivity index (χ0) is 40.3. The Balaban J connectivity index is 1.40. The molecule has 4 aromatic rings. The number of rotatable bonds is 22. The quantitative estimate of drug-likeness (QED) is 0.0304. The SMILES string of the molecule is CC(NC(=O)C(Cc1ccccc1)NOCc1ccccc1)C(=O)C(=[N+]=[N-])C(=O)C(=[N+]=[N-])C(=O)C(C)NC(=O)C(Cc1ccccc1)NOCc1ccccc1. The number of ketones is 3. The van der Waals surface area contributed by atoms with E-state index in [1.54, 1.807) is 48.5 Å². The predicted molar refractivity (Wildman–Crippen MR) is 204 cm³/mol. The fraction of sp³-hybridized carbons (Fsp3) is 0.244. The predicted octanol–water partition coefficient (Wildman–Crippen LogP) is 2.71. The minimum Gasteiger partial charge on any atom is -0.360 e. The molecule has 4 N–H and O–H groups in total. The van der Waals surface area contributed by atoms with Gasteiger partial charge in [0.05, 0.1) is 25.3 Å². The van der Waals surface area contributed by atoms with Crippen LogP contribution in [0.15, 0.2) is 121 Å². The molecule has 0 heterocycles. The van der Waals surface area contributed by atoms with E-state index in [9.17, 15) is 35.0 Å². The number of nitrogens with zero attached hydrogens (tertiary/aromatic N) is 4. The minimum absolute atomic E-state index is 0.131. The molecule has 0 aromatic heterocycles. The van der Waals surface area contributed by atoms with Crippen molar-refractivity contribution < 1.29 is 43.2 Å². The molecule has 0 saturated carbocycles. The fourth-order valence-corrected chi connectivity index (χ4v) is 5.37. The molecule has 2 amide bonds. The van der Waals surface area contributed by atoms with Crippen LogP contribution in [0.1, 0.15) is 36.1 Å². The Morgan fingerprint density at radius 2 is 0.821 bits per heavy atom. The first kappa shape index (κ1) is 42.2. The average molecular weight is 759 g/mol. The standard InChI is InChI=1S/C41H42N8O7/c1-27(44-40(53)33(23-29-15-7-3-8-16-29)48-55-25-31-19-11-5-12-20-31)37(50)35(46-42)39(52)36(47-43)38(51)28(2)45-41(54)34(24-30-17-9-4-10-18-30)49-56-26-32-21-13-6-14-22-32/h3-22,27-28,33-34,48-49H,23-26H2,1-2H3,(H,44,53)(H,45,54). The van der Waals surface area contributed by atoms with Crippen molar-refractivity contribution in [2.45, 2.75) is 64.1 Å². The Morgan fingerprint density at radius 3 is 1.12 bits per heavy atom. The van der Waals surface area contributed by atoms with Crippen molar-refractivity contribution >= 4 is 40.6 Å². The van der Waals surface area contributed by atoms with Gasteiger partial charge in [0.15, 0.2) is 0 Å². The van der Waals surface area contributed by atoms with Crippen LogP contribution in [0.4, 0.5) is 0 Å². The highest BCUT2D eigenvalue weighted by molar-refractivity contribution is 6.87. The molecule has 0 fully saturated rings. The number of nitrogens with one attached hydrogen (secondary N) is 4. The minimum atomic E-state index is -1.54. The van der Waals surface area contributed by atoms with E-state index < -0.39 is 64.8 Å². The Labute approximate surface area is 323 Å². The summed E-state index contributed by atoms with van der Waals surface area (Å²) in [6.45, 7) is 2.74. The van der Waals surface area contributed by atoms with Gasteiger partial charge in [-0.25, -0.2) is 0 Å². The Morgan fingerprint density at radius 1 is 0.518 bits per heavy atom. The Bertz CT molecular complexity index is 1910. The number of hydrogen-bond acceptors (Lipinski definition) is 9. The van der Waals surface area contributed by atoms with E-state index in [1.807, 2.05) is 72.8 Å². The number of benzene rings is 4. The van der Waals surface area contributed by atoms with Crippen molar-refractivity contribution in [3.63, 3.8) is 0 Å². The lowest BCUT2D eigenvalue weighted by Crippen LogP contribution is -2.54. The Kier molecular flexibility index (Phi) is 16.5. The number of carbonyl (C=O) groups is 5. The van der Waals surface area contributed by atoms with E-state index in [-0.39, 0.29) is 26.1 Å². The molecule has 4 atom stereocenters. The van der Waals surface area contributed by atoms with Gasteiger partial charge in [0.25, 0.3) is 11.6 Å². The first-order chi connectivity index (χ1) is 27.1. The summed E-state index contributed by atoms with van der Waals surface area (Å²) in [5.41, 5.74) is 25.8. The van der Waals surface area contributed by atoms with Crippen LogP contribution in [-0.2, 0) is 59.7 Å². The molecule has 15 nitrogen and oxygen atoms in total. The third-order valence-corrected chi connectivity index (χ3v) is 8.41. The summed E-state index contributed by atoms with van der Waals surface area (Å²) in [6.07, 6.45) is 0.311. The van der Waals surface area contributed by atoms with Crippen LogP contribution in [0.25, 0.3) is 11.1 Å². The van der Waals surface area contributed by atoms with Gasteiger partial charge in [-0.1, -0.05) is 121 Å². The summed E-state index contributed by atoms with van der Waals surface area (Å²) in [5.74, 6) is -5.31. The van der Waals surface area contributed by atoms with Gasteiger partial charge < -0.3 is 21.7 Å². The molecular formula is C41H42N8O7. The molecule has 4 aromatic carbocycles. The molecule has 0 spiro atoms. The number of hydrogen-bond donors (Lipinski definition) is 4. The van der Waals surface area contributed by atoms with Gasteiger partial charge in [0.2, 0.25) is 11.8 Å². The first-order valence-corrected chi connectivity index (χ1v) is 17.7. The summed E-state index contributed by atoms with van der Waals surface area (Å²) in [5, 5.41) is 4.95. The zero-order valence-corrected chi connectivity index (χ0v) is 30.8. The molecular weight excluding hydrogens is 716 g/mol. The number of carbonyl (C=O) groups excluding carboxylic acids is 5. The molecule has 0 aliphatic heterocycles. The average Bonchev–Trinajstić information content (AvgIpc) is 3.22. The topological polar surface area (TPSA) is 225 Å². The third-order valence-electron chi connectivity index (χ3n) is 8.41. The van der Waals surface area contributed by atoms with Crippen molar-refractivity contribution in [2.24, 2.45) is 0 Å². The summed E-state index contributed by atoms with van der Waals surface area (Å²) < 4.78 is 0. The smallest absolute Gasteiger partial charge is 0.360 e. The second-order valence-electron chi connectivity index (χ2n) is 12.7. The highest BCUT2D eigenvalue weighted by atomic mass is 16.6. The van der Waals surface area contributed by atoms with Crippen LogP contribution in [-0.4, -0.2) is 74.3 Å². The van der Waals surface area contributed by atoms with E-state index in [2.05, 4.69) is 31.2 Å². The van der Waals surface area contributed by atoms with Crippen molar-refractivity contribution in [3.8, 4) is 0 Å². The maximum atomic E-state index is 13.4. The lowest BCUT2D eigenvalue weighted by Gasteiger charge is -2.20. The van der Waals surface area contributed by atoms with Crippen LogP contribution in [0.2, 0.25) is 0 Å². The first-order valence-electron chi connectivity index (χ1n) is 17.7. The number of amides is 2. The van der Waals surface area contributed by atoms with Crippen LogP contribution < -0.4 is 21.6 Å². The molecule has 15 heteroatoms. The van der Waals surface area contributed by atoms with E-state index in [1.165, 1.54) is 13.8 Å². The van der Waals surface area contributed by atoms with Gasteiger partial charge >= 0.3 is 17.2 Å². The lowest BCUT2D eigenvalue weighted by molar-refractivity contribution is -0.133. The van der Waals surface area contributed by atoms with Gasteiger partial charge in [-0.15, -0.1) is 0 Å². The molecule has 56 heavy (non-hydrogen) atoms. The maximum Gasteiger partial charge on any atom is 0.415 e. The maximum absolute atomic E-state index is 13.4. The van der Waals surface area contributed by atoms with Gasteiger partial charge in [-0.05, 0) is 48.9 Å². The van der Waals surface area contributed by atoms with Crippen molar-refractivity contribution in [1.29, 1.82) is 0 Å². The largest absolute Gasteiger partial charge is 0.415 e. The second-order valence-corrected chi connectivity index (χ2v) is 12.7. The zero-order valence-electron chi connectivity index (χ0n) is 30.8. The number of Topliss-reactive ketones (excluding diaryl/α,β-unsaturated/α-hetero) is 3. The van der Waals surface area contributed by atoms with E-state index in [4.69, 9.17) is 9.68 Å². The molecule has 0 bridgehead atoms. The molecule has 0 aliphatic rings. The van der Waals surface area contributed by atoms with Crippen molar-refractivity contribution in [2.75, 3.05) is 0 Å². The van der Waals surface area contributed by atoms with E-state index in [0.29, 0.717) is 0 Å². The molecule has 288 valence electrons. The van der Waals surface area contributed by atoms with Gasteiger partial charge in [-0.3, -0.25) is 33.6 Å². The van der Waals surface area contributed by atoms with Gasteiger partial charge in [0.1, 0.15) is 12.1 Å². The molecule has 4 unspecified atom stereocenters. The summed E-state index contributed by atoms with van der Waals surface area (Å²) in [4.78, 5) is 83.7. The monoisotopic (exact) mass is 758 g/mol. The van der Waals surface area contributed by atoms with E-state index >= 15 is 0 Å². The molecule has 0 aliphatic carbocycles. The van der Waals surface area contributed by atoms with Crippen molar-refractivity contribution in [1.82, 2.24) is 21.6 Å². The molecule has 0 radical (unpaired) electrons. The highest BCUT2D eigenvalue weighted by Crippen LogP contribution is 2.08. The lowest BCUT2D eigenvalue weighted by atomic mass is 9.97. The van der Waals surface area contributed by atoms with Gasteiger partial charge in [-0.2, -0.15) is 20.5 Å². The summed E-state index contributed by atoms with van der Waals surface area (Å²) >= 11 is 0. The fourth-order valence-electron chi connectivity index (χ4n) is 5.37. The molecule has 4 rings (SSSR count). The van der Waals surface area contributed by atoms with Crippen LogP contribution in [0.3, 0.4) is 0 Å². The summed E-state index contributed by atoms with van der Waals surface area (Å²) in [7, 11) is 0. The third kappa shape index (κ3) is 12.8. The summed E-state index contributed by atoms with van der Waals surface area (Å²) in [6, 6.07) is 31.5.